The lowest BCUT2D eigenvalue weighted by Crippen LogP contribution is -2.36. The molecule has 3 N–H and O–H groups in total. The van der Waals surface area contributed by atoms with Crippen LogP contribution in [0.1, 0.15) is 6.42 Å². The number of hydrogen-bond donors (Lipinski definition) is 2. The molecule has 0 aliphatic rings. The fourth-order valence-corrected chi connectivity index (χ4v) is 1.69. The van der Waals surface area contributed by atoms with Crippen LogP contribution in [0.15, 0.2) is 30.3 Å². The highest BCUT2D eigenvalue weighted by Crippen LogP contribution is 2.13. The first-order chi connectivity index (χ1) is 9.75. The lowest BCUT2D eigenvalue weighted by Gasteiger charge is -2.20. The molecule has 6 heteroatoms. The van der Waals surface area contributed by atoms with Crippen molar-refractivity contribution in [3.8, 4) is 0 Å². The number of hydrogen-bond acceptors (Lipinski definition) is 4. The van der Waals surface area contributed by atoms with Crippen molar-refractivity contribution in [2.45, 2.75) is 6.42 Å². The van der Waals surface area contributed by atoms with E-state index in [4.69, 9.17) is 20.3 Å². The molecule has 0 unspecified atom stereocenters. The van der Waals surface area contributed by atoms with Crippen LogP contribution in [-0.2, 0) is 9.47 Å². The van der Waals surface area contributed by atoms with Gasteiger partial charge in [-0.25, -0.2) is 4.79 Å². The number of aliphatic hydroxyl groups is 1. The van der Waals surface area contributed by atoms with E-state index in [2.05, 4.69) is 0 Å². The molecular weight excluding hydrogens is 260 g/mol. The van der Waals surface area contributed by atoms with Gasteiger partial charge in [0.1, 0.15) is 0 Å². The maximum Gasteiger partial charge on any atom is 0.319 e. The highest BCUT2D eigenvalue weighted by atomic mass is 16.5. The zero-order valence-electron chi connectivity index (χ0n) is 11.5. The van der Waals surface area contributed by atoms with Crippen molar-refractivity contribution in [2.75, 3.05) is 44.5 Å². The van der Waals surface area contributed by atoms with Crippen LogP contribution in [0, 0.1) is 0 Å². The van der Waals surface area contributed by atoms with E-state index in [-0.39, 0.29) is 6.61 Å². The predicted molar refractivity (Wildman–Crippen MR) is 76.7 cm³/mol. The van der Waals surface area contributed by atoms with E-state index in [1.165, 1.54) is 4.90 Å². The first kappa shape index (κ1) is 16.4. The number of rotatable bonds is 10. The van der Waals surface area contributed by atoms with Crippen LogP contribution in [0.2, 0.25) is 0 Å². The van der Waals surface area contributed by atoms with Crippen LogP contribution in [0.4, 0.5) is 10.5 Å². The molecule has 0 aromatic heterocycles. The van der Waals surface area contributed by atoms with Gasteiger partial charge in [-0.05, 0) is 18.6 Å². The molecular formula is C14H22N2O4. The van der Waals surface area contributed by atoms with Crippen LogP contribution in [0.5, 0.6) is 0 Å². The Balaban J connectivity index is 2.19. The van der Waals surface area contributed by atoms with Gasteiger partial charge < -0.3 is 20.3 Å². The van der Waals surface area contributed by atoms with Crippen LogP contribution < -0.4 is 10.6 Å². The number of nitrogens with two attached hydrogens (primary N) is 1. The van der Waals surface area contributed by atoms with Crippen molar-refractivity contribution in [3.05, 3.63) is 30.3 Å². The molecule has 0 bridgehead atoms. The number of carbonyl (C=O) groups excluding carboxylic acids is 1. The third-order valence-electron chi connectivity index (χ3n) is 2.61. The summed E-state index contributed by atoms with van der Waals surface area (Å²) in [6, 6.07) is 8.82. The second kappa shape index (κ2) is 10.2. The van der Waals surface area contributed by atoms with Crippen LogP contribution >= 0.6 is 0 Å². The molecule has 6 nitrogen and oxygen atoms in total. The van der Waals surface area contributed by atoms with Crippen molar-refractivity contribution in [1.82, 2.24) is 0 Å². The number of amides is 2. The van der Waals surface area contributed by atoms with Gasteiger partial charge in [0, 0.05) is 18.8 Å². The predicted octanol–water partition coefficient (Wildman–Crippen LogP) is 0.987. The van der Waals surface area contributed by atoms with Crippen LogP contribution in [-0.4, -0.2) is 50.7 Å². The Morgan fingerprint density at radius 3 is 2.35 bits per heavy atom. The van der Waals surface area contributed by atoms with Crippen molar-refractivity contribution in [2.24, 2.45) is 5.73 Å². The number of carbonyl (C=O) groups is 1. The molecule has 0 spiro atoms. The first-order valence-electron chi connectivity index (χ1n) is 6.64. The van der Waals surface area contributed by atoms with Gasteiger partial charge in [-0.2, -0.15) is 0 Å². The number of ether oxygens (including phenoxy) is 2. The van der Waals surface area contributed by atoms with Crippen molar-refractivity contribution in [3.63, 3.8) is 0 Å². The normalized spacial score (nSPS) is 10.4. The summed E-state index contributed by atoms with van der Waals surface area (Å²) in [5, 5.41) is 8.51. The molecule has 1 aromatic rings. The van der Waals surface area contributed by atoms with E-state index >= 15 is 0 Å². The van der Waals surface area contributed by atoms with Crippen LogP contribution in [0.3, 0.4) is 0 Å². The van der Waals surface area contributed by atoms with E-state index in [9.17, 15) is 4.79 Å². The minimum Gasteiger partial charge on any atom is -0.394 e. The third kappa shape index (κ3) is 6.51. The van der Waals surface area contributed by atoms with Crippen LogP contribution in [0.25, 0.3) is 0 Å². The molecule has 2 amide bonds. The maximum absolute atomic E-state index is 11.4. The summed E-state index contributed by atoms with van der Waals surface area (Å²) in [6.07, 6.45) is 0.692. The van der Waals surface area contributed by atoms with E-state index < -0.39 is 6.03 Å². The van der Waals surface area contributed by atoms with Gasteiger partial charge in [0.25, 0.3) is 0 Å². The largest absolute Gasteiger partial charge is 0.394 e. The van der Waals surface area contributed by atoms with Gasteiger partial charge >= 0.3 is 6.03 Å². The smallest absolute Gasteiger partial charge is 0.319 e. The number of aliphatic hydroxyl groups excluding tert-OH is 1. The Morgan fingerprint density at radius 2 is 1.75 bits per heavy atom. The number of nitrogens with zero attached hydrogens (tertiary/aromatic N) is 1. The van der Waals surface area contributed by atoms with Gasteiger partial charge in [-0.1, -0.05) is 18.2 Å². The lowest BCUT2D eigenvalue weighted by molar-refractivity contribution is 0.0329. The molecule has 20 heavy (non-hydrogen) atoms. The Hall–Kier alpha value is -1.63. The molecule has 0 atom stereocenters. The summed E-state index contributed by atoms with van der Waals surface area (Å²) in [7, 11) is 0. The number of primary amides is 1. The Kier molecular flexibility index (Phi) is 8.37. The number of urea groups is 1. The molecule has 0 fully saturated rings. The molecule has 1 aromatic carbocycles. The number of anilines is 1. The highest BCUT2D eigenvalue weighted by Gasteiger charge is 2.10. The van der Waals surface area contributed by atoms with Gasteiger partial charge in [0.05, 0.1) is 26.4 Å². The van der Waals surface area contributed by atoms with Crippen molar-refractivity contribution in [1.29, 1.82) is 0 Å². The zero-order valence-corrected chi connectivity index (χ0v) is 11.5. The molecule has 0 radical (unpaired) electrons. The number of benzene rings is 1. The Morgan fingerprint density at radius 1 is 1.10 bits per heavy atom. The highest BCUT2D eigenvalue weighted by molar-refractivity contribution is 5.90. The second-order valence-electron chi connectivity index (χ2n) is 4.13. The fraction of sp³-hybridized carbons (Fsp3) is 0.500. The first-order valence-corrected chi connectivity index (χ1v) is 6.64. The van der Waals surface area contributed by atoms with E-state index in [0.717, 1.165) is 5.69 Å². The maximum atomic E-state index is 11.4. The second-order valence-corrected chi connectivity index (χ2v) is 4.13. The minimum atomic E-state index is -0.470. The zero-order chi connectivity index (χ0) is 14.6. The average Bonchev–Trinajstić information content (AvgIpc) is 2.46. The van der Waals surface area contributed by atoms with Gasteiger partial charge in [0.15, 0.2) is 0 Å². The molecule has 0 aliphatic carbocycles. The average molecular weight is 282 g/mol. The standard InChI is InChI=1S/C14H22N2O4/c15-14(18)16(13-5-2-1-3-6-13)7-4-9-19-11-12-20-10-8-17/h1-3,5-6,17H,4,7-12H2,(H2,15,18). The number of para-hydroxylation sites is 1. The SMILES string of the molecule is NC(=O)N(CCCOCCOCCO)c1ccccc1. The summed E-state index contributed by atoms with van der Waals surface area (Å²) in [5.74, 6) is 0. The summed E-state index contributed by atoms with van der Waals surface area (Å²) >= 11 is 0. The summed E-state index contributed by atoms with van der Waals surface area (Å²) in [6.45, 7) is 2.31. The lowest BCUT2D eigenvalue weighted by atomic mass is 10.3. The summed E-state index contributed by atoms with van der Waals surface area (Å²) < 4.78 is 10.4. The fourth-order valence-electron chi connectivity index (χ4n) is 1.69. The van der Waals surface area contributed by atoms with E-state index in [1.807, 2.05) is 30.3 Å². The van der Waals surface area contributed by atoms with Gasteiger partial charge in [-0.15, -0.1) is 0 Å². The molecule has 0 heterocycles. The molecule has 112 valence electrons. The third-order valence-corrected chi connectivity index (χ3v) is 2.61. The molecule has 0 saturated heterocycles. The van der Waals surface area contributed by atoms with Crippen molar-refractivity contribution >= 4 is 11.7 Å². The quantitative estimate of drug-likeness (QED) is 0.627. The summed E-state index contributed by atoms with van der Waals surface area (Å²) in [4.78, 5) is 12.9. The van der Waals surface area contributed by atoms with Gasteiger partial charge in [-0.3, -0.25) is 4.90 Å². The minimum absolute atomic E-state index is 0.0185. The Labute approximate surface area is 119 Å². The van der Waals surface area contributed by atoms with E-state index in [0.29, 0.717) is 39.4 Å². The van der Waals surface area contributed by atoms with Crippen molar-refractivity contribution < 1.29 is 19.4 Å². The molecule has 1 rings (SSSR count). The molecule has 0 aliphatic heterocycles. The Bertz CT molecular complexity index is 373. The monoisotopic (exact) mass is 282 g/mol. The topological polar surface area (TPSA) is 85.0 Å². The van der Waals surface area contributed by atoms with E-state index in [1.54, 1.807) is 0 Å². The summed E-state index contributed by atoms with van der Waals surface area (Å²) in [5.41, 5.74) is 6.15. The van der Waals surface area contributed by atoms with Gasteiger partial charge in [0.2, 0.25) is 0 Å². The molecule has 0 saturated carbocycles.